The SMILES string of the molecule is CCN(C(C)C)S(=O)(=O)c1c(C)nn(CCC(=O)O)c1C. The van der Waals surface area contributed by atoms with Gasteiger partial charge in [0.15, 0.2) is 0 Å². The molecule has 0 fully saturated rings. The molecule has 1 aromatic heterocycles. The summed E-state index contributed by atoms with van der Waals surface area (Å²) in [5, 5.41) is 12.9. The number of rotatable bonds is 7. The van der Waals surface area contributed by atoms with Crippen molar-refractivity contribution in [2.45, 2.75) is 58.5 Å². The standard InChI is InChI=1S/C13H23N3O4S/c1-6-16(9(2)3)21(19,20)13-10(4)14-15(11(13)5)8-7-12(17)18/h9H,6-8H2,1-5H3,(H,17,18). The Hall–Kier alpha value is -1.41. The third-order valence-corrected chi connectivity index (χ3v) is 5.71. The molecule has 1 rings (SSSR count). The number of carbonyl (C=O) groups is 1. The molecule has 0 saturated carbocycles. The van der Waals surface area contributed by atoms with Gasteiger partial charge < -0.3 is 5.11 Å². The highest BCUT2D eigenvalue weighted by atomic mass is 32.2. The van der Waals surface area contributed by atoms with Gasteiger partial charge in [0.25, 0.3) is 0 Å². The second-order valence-electron chi connectivity index (χ2n) is 5.17. The molecule has 0 spiro atoms. The largest absolute Gasteiger partial charge is 0.481 e. The number of carboxylic acid groups (broad SMARTS) is 1. The lowest BCUT2D eigenvalue weighted by atomic mass is 10.4. The number of sulfonamides is 1. The maximum atomic E-state index is 12.8. The molecule has 0 unspecified atom stereocenters. The first-order valence-corrected chi connectivity index (χ1v) is 8.34. The van der Waals surface area contributed by atoms with Crippen molar-refractivity contribution in [3.8, 4) is 0 Å². The summed E-state index contributed by atoms with van der Waals surface area (Å²) in [6, 6.07) is -0.152. The minimum Gasteiger partial charge on any atom is -0.481 e. The van der Waals surface area contributed by atoms with Crippen LogP contribution in [-0.4, -0.2) is 46.2 Å². The number of aromatic nitrogens is 2. The zero-order chi connectivity index (χ0) is 16.4. The predicted molar refractivity (Wildman–Crippen MR) is 78.7 cm³/mol. The van der Waals surface area contributed by atoms with Crippen LogP contribution >= 0.6 is 0 Å². The lowest BCUT2D eigenvalue weighted by Crippen LogP contribution is -2.37. The van der Waals surface area contributed by atoms with Crippen LogP contribution in [0.3, 0.4) is 0 Å². The summed E-state index contributed by atoms with van der Waals surface area (Å²) >= 11 is 0. The molecule has 0 radical (unpaired) electrons. The Balaban J connectivity index is 3.27. The molecule has 0 aliphatic heterocycles. The second-order valence-corrected chi connectivity index (χ2v) is 7.00. The van der Waals surface area contributed by atoms with E-state index in [0.29, 0.717) is 17.9 Å². The smallest absolute Gasteiger partial charge is 0.305 e. The summed E-state index contributed by atoms with van der Waals surface area (Å²) in [5.74, 6) is -0.940. The van der Waals surface area contributed by atoms with Crippen molar-refractivity contribution in [1.82, 2.24) is 14.1 Å². The zero-order valence-electron chi connectivity index (χ0n) is 13.1. The molecule has 1 heterocycles. The highest BCUT2D eigenvalue weighted by Crippen LogP contribution is 2.25. The number of aryl methyl sites for hydroxylation is 2. The number of hydrogen-bond acceptors (Lipinski definition) is 4. The average molecular weight is 317 g/mol. The molecule has 0 amide bonds. The van der Waals surface area contributed by atoms with Crippen molar-refractivity contribution in [1.29, 1.82) is 0 Å². The van der Waals surface area contributed by atoms with Crippen molar-refractivity contribution in [3.63, 3.8) is 0 Å². The molecule has 0 aliphatic rings. The van der Waals surface area contributed by atoms with Crippen molar-refractivity contribution in [2.24, 2.45) is 0 Å². The summed E-state index contributed by atoms with van der Waals surface area (Å²) in [7, 11) is -3.63. The van der Waals surface area contributed by atoms with Gasteiger partial charge in [0.05, 0.1) is 24.4 Å². The van der Waals surface area contributed by atoms with Crippen LogP contribution in [0.15, 0.2) is 4.90 Å². The van der Waals surface area contributed by atoms with Gasteiger partial charge >= 0.3 is 5.97 Å². The molecule has 7 nitrogen and oxygen atoms in total. The summed E-state index contributed by atoms with van der Waals surface area (Å²) in [4.78, 5) is 10.8. The topological polar surface area (TPSA) is 92.5 Å². The van der Waals surface area contributed by atoms with E-state index in [1.165, 1.54) is 8.99 Å². The Morgan fingerprint density at radius 2 is 1.95 bits per heavy atom. The Morgan fingerprint density at radius 3 is 2.38 bits per heavy atom. The van der Waals surface area contributed by atoms with Crippen LogP contribution < -0.4 is 0 Å². The van der Waals surface area contributed by atoms with Crippen LogP contribution in [0.4, 0.5) is 0 Å². The monoisotopic (exact) mass is 317 g/mol. The van der Waals surface area contributed by atoms with E-state index in [4.69, 9.17) is 5.11 Å². The molecule has 0 bridgehead atoms. The van der Waals surface area contributed by atoms with Gasteiger partial charge in [0.1, 0.15) is 4.90 Å². The van der Waals surface area contributed by atoms with Gasteiger partial charge in [-0.1, -0.05) is 6.92 Å². The quantitative estimate of drug-likeness (QED) is 0.820. The van der Waals surface area contributed by atoms with E-state index in [-0.39, 0.29) is 23.9 Å². The predicted octanol–water partition coefficient (Wildman–Crippen LogP) is 1.39. The molecule has 1 N–H and O–H groups in total. The van der Waals surface area contributed by atoms with Crippen LogP contribution in [0.1, 0.15) is 38.6 Å². The Bertz CT molecular complexity index is 620. The molecule has 0 aromatic carbocycles. The number of aliphatic carboxylic acids is 1. The van der Waals surface area contributed by atoms with Gasteiger partial charge in [-0.3, -0.25) is 9.48 Å². The zero-order valence-corrected chi connectivity index (χ0v) is 13.9. The Morgan fingerprint density at radius 1 is 1.38 bits per heavy atom. The number of carboxylic acids is 1. The van der Waals surface area contributed by atoms with Gasteiger partial charge in [-0.2, -0.15) is 9.40 Å². The first-order chi connectivity index (χ1) is 9.62. The molecule has 0 atom stereocenters. The fraction of sp³-hybridized carbons (Fsp3) is 0.692. The van der Waals surface area contributed by atoms with E-state index in [1.807, 2.05) is 13.8 Å². The first-order valence-electron chi connectivity index (χ1n) is 6.90. The van der Waals surface area contributed by atoms with E-state index in [0.717, 1.165) is 0 Å². The van der Waals surface area contributed by atoms with Crippen LogP contribution in [0.5, 0.6) is 0 Å². The lowest BCUT2D eigenvalue weighted by Gasteiger charge is -2.24. The molecule has 0 aliphatic carbocycles. The van der Waals surface area contributed by atoms with Crippen LogP contribution in [0, 0.1) is 13.8 Å². The average Bonchev–Trinajstić information content (AvgIpc) is 2.61. The van der Waals surface area contributed by atoms with E-state index in [1.54, 1.807) is 20.8 Å². The minimum absolute atomic E-state index is 0.0941. The van der Waals surface area contributed by atoms with Gasteiger partial charge in [0.2, 0.25) is 10.0 Å². The molecule has 0 saturated heterocycles. The van der Waals surface area contributed by atoms with Gasteiger partial charge in [-0.05, 0) is 27.7 Å². The maximum Gasteiger partial charge on any atom is 0.305 e. The van der Waals surface area contributed by atoms with E-state index in [2.05, 4.69) is 5.10 Å². The van der Waals surface area contributed by atoms with E-state index in [9.17, 15) is 13.2 Å². The van der Waals surface area contributed by atoms with Gasteiger partial charge in [0, 0.05) is 12.6 Å². The summed E-state index contributed by atoms with van der Waals surface area (Å²) in [5.41, 5.74) is 0.879. The van der Waals surface area contributed by atoms with E-state index >= 15 is 0 Å². The third kappa shape index (κ3) is 3.62. The second kappa shape index (κ2) is 6.57. The molecular formula is C13H23N3O4S. The normalized spacial score (nSPS) is 12.3. The summed E-state index contributed by atoms with van der Waals surface area (Å²) in [6.07, 6.45) is -0.0941. The molecule has 1 aromatic rings. The summed E-state index contributed by atoms with van der Waals surface area (Å²) < 4.78 is 28.4. The van der Waals surface area contributed by atoms with Crippen LogP contribution in [-0.2, 0) is 21.4 Å². The molecule has 120 valence electrons. The van der Waals surface area contributed by atoms with Crippen LogP contribution in [0.2, 0.25) is 0 Å². The van der Waals surface area contributed by atoms with Crippen molar-refractivity contribution < 1.29 is 18.3 Å². The summed E-state index contributed by atoms with van der Waals surface area (Å²) in [6.45, 7) is 9.25. The Kier molecular flexibility index (Phi) is 5.52. The maximum absolute atomic E-state index is 12.8. The van der Waals surface area contributed by atoms with E-state index < -0.39 is 16.0 Å². The van der Waals surface area contributed by atoms with Gasteiger partial charge in [-0.25, -0.2) is 8.42 Å². The van der Waals surface area contributed by atoms with Gasteiger partial charge in [-0.15, -0.1) is 0 Å². The molecule has 21 heavy (non-hydrogen) atoms. The lowest BCUT2D eigenvalue weighted by molar-refractivity contribution is -0.137. The van der Waals surface area contributed by atoms with Crippen molar-refractivity contribution >= 4 is 16.0 Å². The number of nitrogens with zero attached hydrogens (tertiary/aromatic N) is 3. The fourth-order valence-electron chi connectivity index (χ4n) is 2.40. The van der Waals surface area contributed by atoms with Crippen LogP contribution in [0.25, 0.3) is 0 Å². The third-order valence-electron chi connectivity index (χ3n) is 3.31. The number of hydrogen-bond donors (Lipinski definition) is 1. The van der Waals surface area contributed by atoms with Crippen molar-refractivity contribution in [2.75, 3.05) is 6.54 Å². The highest BCUT2D eigenvalue weighted by molar-refractivity contribution is 7.89. The highest BCUT2D eigenvalue weighted by Gasteiger charge is 2.31. The molecule has 8 heteroatoms. The Labute approximate surface area is 125 Å². The van der Waals surface area contributed by atoms with Crippen molar-refractivity contribution in [3.05, 3.63) is 11.4 Å². The molecular weight excluding hydrogens is 294 g/mol. The fourth-order valence-corrected chi connectivity index (χ4v) is 4.43. The first kappa shape index (κ1) is 17.6. The minimum atomic E-state index is -3.63.